The van der Waals surface area contributed by atoms with E-state index in [0.717, 1.165) is 15.3 Å². The Morgan fingerprint density at radius 1 is 1.38 bits per heavy atom. The highest BCUT2D eigenvalue weighted by atomic mass is 32.1. The van der Waals surface area contributed by atoms with Crippen molar-refractivity contribution < 1.29 is 4.39 Å². The summed E-state index contributed by atoms with van der Waals surface area (Å²) in [6.45, 7) is 4.24. The minimum Gasteiger partial charge on any atom is -0.378 e. The first kappa shape index (κ1) is 13.8. The molecule has 0 spiro atoms. The van der Waals surface area contributed by atoms with Crippen LogP contribution >= 0.6 is 11.3 Å². The largest absolute Gasteiger partial charge is 0.378 e. The van der Waals surface area contributed by atoms with E-state index in [2.05, 4.69) is 15.3 Å². The van der Waals surface area contributed by atoms with E-state index in [9.17, 15) is 9.18 Å². The molecule has 0 aliphatic rings. The van der Waals surface area contributed by atoms with Gasteiger partial charge in [-0.05, 0) is 37.6 Å². The first-order valence-corrected chi connectivity index (χ1v) is 7.34. The lowest BCUT2D eigenvalue weighted by atomic mass is 10.2. The summed E-state index contributed by atoms with van der Waals surface area (Å²) in [4.78, 5) is 21.2. The minimum atomic E-state index is -0.304. The minimum absolute atomic E-state index is 0.127. The van der Waals surface area contributed by atoms with E-state index in [1.807, 2.05) is 13.8 Å². The summed E-state index contributed by atoms with van der Waals surface area (Å²) in [5.74, 6) is 0.236. The van der Waals surface area contributed by atoms with Gasteiger partial charge in [0.05, 0.1) is 11.9 Å². The highest BCUT2D eigenvalue weighted by Crippen LogP contribution is 2.25. The Morgan fingerprint density at radius 2 is 2.19 bits per heavy atom. The third kappa shape index (κ3) is 2.67. The van der Waals surface area contributed by atoms with Gasteiger partial charge in [-0.1, -0.05) is 6.07 Å². The van der Waals surface area contributed by atoms with Crippen molar-refractivity contribution in [2.45, 2.75) is 20.4 Å². The predicted octanol–water partition coefficient (Wildman–Crippen LogP) is 3.35. The van der Waals surface area contributed by atoms with E-state index in [-0.39, 0.29) is 11.4 Å². The van der Waals surface area contributed by atoms with E-state index < -0.39 is 0 Å². The molecule has 4 nitrogen and oxygen atoms in total. The highest BCUT2D eigenvalue weighted by molar-refractivity contribution is 7.18. The van der Waals surface area contributed by atoms with Crippen molar-refractivity contribution in [3.05, 3.63) is 56.7 Å². The average Bonchev–Trinajstić information content (AvgIpc) is 2.72. The molecule has 3 aromatic rings. The van der Waals surface area contributed by atoms with Crippen LogP contribution in [0, 0.1) is 19.7 Å². The number of halogens is 1. The van der Waals surface area contributed by atoms with Crippen LogP contribution in [0.5, 0.6) is 0 Å². The summed E-state index contributed by atoms with van der Waals surface area (Å²) < 4.78 is 13.1. The number of benzene rings is 1. The monoisotopic (exact) mass is 303 g/mol. The normalized spacial score (nSPS) is 11.0. The fraction of sp³-hybridized carbons (Fsp3) is 0.200. The molecule has 0 aliphatic carbocycles. The Kier molecular flexibility index (Phi) is 3.47. The number of rotatable bonds is 3. The number of nitrogens with zero attached hydrogens (tertiary/aromatic N) is 1. The molecule has 0 bridgehead atoms. The maximum atomic E-state index is 13.1. The number of hydrogen-bond donors (Lipinski definition) is 2. The number of aryl methyl sites for hydroxylation is 2. The number of H-pyrrole nitrogens is 1. The van der Waals surface area contributed by atoms with Crippen LogP contribution in [0.15, 0.2) is 29.1 Å². The molecule has 3 rings (SSSR count). The zero-order valence-corrected chi connectivity index (χ0v) is 12.5. The van der Waals surface area contributed by atoms with E-state index in [4.69, 9.17) is 0 Å². The summed E-state index contributed by atoms with van der Waals surface area (Å²) in [7, 11) is 0. The lowest BCUT2D eigenvalue weighted by Crippen LogP contribution is -2.14. The van der Waals surface area contributed by atoms with Gasteiger partial charge in [-0.3, -0.25) is 4.79 Å². The molecule has 2 N–H and O–H groups in total. The summed E-state index contributed by atoms with van der Waals surface area (Å²) in [6.07, 6.45) is 0. The van der Waals surface area contributed by atoms with Crippen molar-refractivity contribution in [3.8, 4) is 0 Å². The smallest absolute Gasteiger partial charge is 0.259 e. The topological polar surface area (TPSA) is 57.8 Å². The number of nitrogens with one attached hydrogen (secondary N) is 2. The molecule has 0 saturated carbocycles. The van der Waals surface area contributed by atoms with Crippen molar-refractivity contribution in [3.63, 3.8) is 0 Å². The summed E-state index contributed by atoms with van der Waals surface area (Å²) in [5, 5.41) is 3.71. The van der Waals surface area contributed by atoms with Gasteiger partial charge >= 0.3 is 0 Å². The number of aromatic nitrogens is 2. The number of thiophene rings is 1. The third-order valence-corrected chi connectivity index (χ3v) is 4.47. The molecule has 1 aromatic carbocycles. The fourth-order valence-corrected chi connectivity index (χ4v) is 3.22. The number of fused-ring (bicyclic) bond motifs is 1. The maximum absolute atomic E-state index is 13.1. The van der Waals surface area contributed by atoms with Crippen LogP contribution < -0.4 is 10.9 Å². The molecule has 2 heterocycles. The number of anilines is 1. The Labute approximate surface area is 124 Å². The molecule has 0 saturated heterocycles. The standard InChI is InChI=1S/C15H14FN3OS/c1-8-9(2)21-15-13(8)14(20)18-12(19-15)7-17-11-5-3-4-10(16)6-11/h3-6,17H,7H2,1-2H3,(H,18,19,20). The Hall–Kier alpha value is -2.21. The third-order valence-electron chi connectivity index (χ3n) is 3.37. The highest BCUT2D eigenvalue weighted by Gasteiger charge is 2.11. The first-order valence-electron chi connectivity index (χ1n) is 6.53. The second-order valence-electron chi connectivity index (χ2n) is 4.84. The molecule has 0 radical (unpaired) electrons. The van der Waals surface area contributed by atoms with Crippen LogP contribution in [-0.2, 0) is 6.54 Å². The number of aromatic amines is 1. The van der Waals surface area contributed by atoms with Gasteiger partial charge in [0, 0.05) is 10.6 Å². The SMILES string of the molecule is Cc1sc2nc(CNc3cccc(F)c3)[nH]c(=O)c2c1C. The quantitative estimate of drug-likeness (QED) is 0.780. The molecule has 21 heavy (non-hydrogen) atoms. The molecular weight excluding hydrogens is 289 g/mol. The van der Waals surface area contributed by atoms with Gasteiger partial charge in [-0.2, -0.15) is 0 Å². The van der Waals surface area contributed by atoms with Gasteiger partial charge in [0.2, 0.25) is 0 Å². The van der Waals surface area contributed by atoms with Gasteiger partial charge in [0.25, 0.3) is 5.56 Å². The molecule has 0 fully saturated rings. The summed E-state index contributed by atoms with van der Waals surface area (Å²) in [6, 6.07) is 6.17. The lowest BCUT2D eigenvalue weighted by molar-refractivity contribution is 0.628. The molecule has 2 aromatic heterocycles. The molecule has 0 atom stereocenters. The molecule has 6 heteroatoms. The second kappa shape index (κ2) is 5.29. The van der Waals surface area contributed by atoms with Gasteiger partial charge in [-0.25, -0.2) is 9.37 Å². The molecule has 108 valence electrons. The Bertz CT molecular complexity index is 869. The summed E-state index contributed by atoms with van der Waals surface area (Å²) in [5.41, 5.74) is 1.50. The first-order chi connectivity index (χ1) is 10.0. The second-order valence-corrected chi connectivity index (χ2v) is 6.04. The fourth-order valence-electron chi connectivity index (χ4n) is 2.17. The van der Waals surface area contributed by atoms with E-state index in [1.54, 1.807) is 12.1 Å². The van der Waals surface area contributed by atoms with Crippen LogP contribution in [0.3, 0.4) is 0 Å². The van der Waals surface area contributed by atoms with Crippen molar-refractivity contribution >= 4 is 27.2 Å². The Morgan fingerprint density at radius 3 is 2.95 bits per heavy atom. The van der Waals surface area contributed by atoms with Gasteiger partial charge in [0.1, 0.15) is 16.5 Å². The summed E-state index contributed by atoms with van der Waals surface area (Å²) >= 11 is 1.51. The molecule has 0 unspecified atom stereocenters. The average molecular weight is 303 g/mol. The molecule has 0 amide bonds. The maximum Gasteiger partial charge on any atom is 0.259 e. The zero-order valence-electron chi connectivity index (χ0n) is 11.7. The van der Waals surface area contributed by atoms with E-state index >= 15 is 0 Å². The van der Waals surface area contributed by atoms with Crippen LogP contribution in [0.2, 0.25) is 0 Å². The Balaban J connectivity index is 1.90. The van der Waals surface area contributed by atoms with Gasteiger partial charge < -0.3 is 10.3 Å². The van der Waals surface area contributed by atoms with E-state index in [1.165, 1.54) is 23.5 Å². The van der Waals surface area contributed by atoms with Crippen molar-refractivity contribution in [1.82, 2.24) is 9.97 Å². The van der Waals surface area contributed by atoms with Gasteiger partial charge in [-0.15, -0.1) is 11.3 Å². The number of hydrogen-bond acceptors (Lipinski definition) is 4. The van der Waals surface area contributed by atoms with Crippen molar-refractivity contribution in [1.29, 1.82) is 0 Å². The van der Waals surface area contributed by atoms with Gasteiger partial charge in [0.15, 0.2) is 0 Å². The van der Waals surface area contributed by atoms with Crippen LogP contribution in [0.4, 0.5) is 10.1 Å². The molecule has 0 aliphatic heterocycles. The van der Waals surface area contributed by atoms with Crippen LogP contribution in [0.1, 0.15) is 16.3 Å². The van der Waals surface area contributed by atoms with Crippen LogP contribution in [0.25, 0.3) is 10.2 Å². The van der Waals surface area contributed by atoms with Crippen molar-refractivity contribution in [2.24, 2.45) is 0 Å². The zero-order chi connectivity index (χ0) is 15.0. The van der Waals surface area contributed by atoms with Crippen molar-refractivity contribution in [2.75, 3.05) is 5.32 Å². The predicted molar refractivity (Wildman–Crippen MR) is 83.4 cm³/mol. The molecular formula is C15H14FN3OS. The van der Waals surface area contributed by atoms with E-state index in [0.29, 0.717) is 23.4 Å². The lowest BCUT2D eigenvalue weighted by Gasteiger charge is -2.06. The van der Waals surface area contributed by atoms with Crippen LogP contribution in [-0.4, -0.2) is 9.97 Å².